The number of benzene rings is 3. The van der Waals surface area contributed by atoms with Crippen molar-refractivity contribution >= 4 is 40.0 Å². The van der Waals surface area contributed by atoms with E-state index in [1.807, 2.05) is 61.5 Å². The molecule has 4 aromatic rings. The summed E-state index contributed by atoms with van der Waals surface area (Å²) in [6.45, 7) is 8.33. The van der Waals surface area contributed by atoms with Gasteiger partial charge in [0.15, 0.2) is 16.6 Å². The molecule has 0 radical (unpaired) electrons. The van der Waals surface area contributed by atoms with Crippen LogP contribution in [0.1, 0.15) is 58.3 Å². The van der Waals surface area contributed by atoms with Crippen LogP contribution in [0.2, 0.25) is 0 Å². The molecule has 0 aliphatic heterocycles. The van der Waals surface area contributed by atoms with Gasteiger partial charge >= 0.3 is 0 Å². The van der Waals surface area contributed by atoms with Crippen LogP contribution < -0.4 is 10.6 Å². The molecule has 0 saturated heterocycles. The number of carbonyl (C=O) groups is 1. The minimum atomic E-state index is -0.235. The summed E-state index contributed by atoms with van der Waals surface area (Å²) >= 11 is 5.31. The highest BCUT2D eigenvalue weighted by Crippen LogP contribution is 2.23. The number of hydrogen-bond acceptors (Lipinski definition) is 4. The van der Waals surface area contributed by atoms with Crippen LogP contribution in [0.5, 0.6) is 0 Å². The van der Waals surface area contributed by atoms with Crippen LogP contribution in [0.15, 0.2) is 65.1 Å². The Kier molecular flexibility index (Phi) is 6.56. The van der Waals surface area contributed by atoms with Crippen molar-refractivity contribution in [2.75, 3.05) is 5.32 Å². The third-order valence-electron chi connectivity index (χ3n) is 5.50. The fraction of sp³-hybridized carbons (Fsp3) is 0.222. The molecule has 2 N–H and O–H groups in total. The minimum absolute atomic E-state index is 0.235. The first-order chi connectivity index (χ1) is 15.8. The van der Waals surface area contributed by atoms with Gasteiger partial charge in [-0.3, -0.25) is 10.1 Å². The second-order valence-electron chi connectivity index (χ2n) is 8.60. The Morgan fingerprint density at radius 1 is 1.03 bits per heavy atom. The highest BCUT2D eigenvalue weighted by molar-refractivity contribution is 7.80. The van der Waals surface area contributed by atoms with Gasteiger partial charge in [-0.2, -0.15) is 0 Å². The van der Waals surface area contributed by atoms with E-state index in [-0.39, 0.29) is 11.0 Å². The van der Waals surface area contributed by atoms with Gasteiger partial charge in [0.05, 0.1) is 0 Å². The monoisotopic (exact) mass is 457 g/mol. The van der Waals surface area contributed by atoms with Gasteiger partial charge in [-0.15, -0.1) is 0 Å². The van der Waals surface area contributed by atoms with Crippen molar-refractivity contribution in [3.05, 3.63) is 94.4 Å². The Hall–Kier alpha value is -3.51. The summed E-state index contributed by atoms with van der Waals surface area (Å²) in [5, 5.41) is 6.04. The maximum atomic E-state index is 12.4. The van der Waals surface area contributed by atoms with Crippen LogP contribution >= 0.6 is 12.2 Å². The number of carbonyl (C=O) groups excluding carboxylic acids is 1. The Morgan fingerprint density at radius 3 is 2.39 bits per heavy atom. The van der Waals surface area contributed by atoms with Crippen LogP contribution in [0.3, 0.4) is 0 Å². The van der Waals surface area contributed by atoms with Crippen molar-refractivity contribution in [1.82, 2.24) is 10.3 Å². The van der Waals surface area contributed by atoms with Gasteiger partial charge in [-0.1, -0.05) is 44.2 Å². The van der Waals surface area contributed by atoms with Gasteiger partial charge in [0.2, 0.25) is 0 Å². The number of thiocarbonyl (C=S) groups is 1. The van der Waals surface area contributed by atoms with Crippen molar-refractivity contribution in [2.45, 2.75) is 40.0 Å². The maximum Gasteiger partial charge on any atom is 0.257 e. The fourth-order valence-electron chi connectivity index (χ4n) is 3.74. The molecule has 0 bridgehead atoms. The Balaban J connectivity index is 1.35. The number of rotatable bonds is 5. The highest BCUT2D eigenvalue weighted by Gasteiger charge is 2.11. The lowest BCUT2D eigenvalue weighted by atomic mass is 10.0. The Bertz CT molecular complexity index is 1310. The number of nitrogens with zero attached hydrogens (tertiary/aromatic N) is 1. The molecule has 0 spiro atoms. The lowest BCUT2D eigenvalue weighted by molar-refractivity contribution is 0.0977. The lowest BCUT2D eigenvalue weighted by Gasteiger charge is -2.11. The number of aromatic nitrogens is 1. The first kappa shape index (κ1) is 22.7. The topological polar surface area (TPSA) is 67.2 Å². The summed E-state index contributed by atoms with van der Waals surface area (Å²) in [5.41, 5.74) is 7.62. The maximum absolute atomic E-state index is 12.4. The number of hydrogen-bond donors (Lipinski definition) is 2. The zero-order valence-corrected chi connectivity index (χ0v) is 20.0. The Labute approximate surface area is 199 Å². The highest BCUT2D eigenvalue weighted by atomic mass is 32.1. The first-order valence-corrected chi connectivity index (χ1v) is 11.4. The molecule has 1 aromatic heterocycles. The van der Waals surface area contributed by atoms with Crippen molar-refractivity contribution in [3.8, 4) is 0 Å². The molecule has 4 rings (SSSR count). The zero-order valence-electron chi connectivity index (χ0n) is 19.2. The molecule has 1 heterocycles. The minimum Gasteiger partial charge on any atom is -0.440 e. The molecule has 0 unspecified atom stereocenters. The summed E-state index contributed by atoms with van der Waals surface area (Å²) in [5.74, 6) is 0.871. The third kappa shape index (κ3) is 5.46. The normalized spacial score (nSPS) is 11.1. The Morgan fingerprint density at radius 2 is 1.73 bits per heavy atom. The van der Waals surface area contributed by atoms with Gasteiger partial charge in [-0.25, -0.2) is 4.98 Å². The van der Waals surface area contributed by atoms with Crippen LogP contribution in [0, 0.1) is 13.8 Å². The van der Waals surface area contributed by atoms with E-state index in [0.717, 1.165) is 27.9 Å². The van der Waals surface area contributed by atoms with E-state index in [4.69, 9.17) is 16.6 Å². The summed E-state index contributed by atoms with van der Waals surface area (Å²) in [6, 6.07) is 19.5. The molecular formula is C27H27N3O2S. The van der Waals surface area contributed by atoms with Crippen molar-refractivity contribution < 1.29 is 9.21 Å². The van der Waals surface area contributed by atoms with Gasteiger partial charge in [-0.05, 0) is 84.6 Å². The molecule has 6 heteroatoms. The van der Waals surface area contributed by atoms with Crippen LogP contribution in [-0.4, -0.2) is 16.0 Å². The number of amides is 1. The molecule has 0 aliphatic rings. The zero-order chi connectivity index (χ0) is 23.5. The van der Waals surface area contributed by atoms with Gasteiger partial charge < -0.3 is 9.73 Å². The molecule has 1 amide bonds. The molecule has 0 aliphatic carbocycles. The largest absolute Gasteiger partial charge is 0.440 e. The molecule has 168 valence electrons. The predicted octanol–water partition coefficient (Wildman–Crippen LogP) is 6.29. The molecule has 5 nitrogen and oxygen atoms in total. The molecule has 0 saturated carbocycles. The van der Waals surface area contributed by atoms with Crippen LogP contribution in [-0.2, 0) is 6.42 Å². The van der Waals surface area contributed by atoms with Crippen molar-refractivity contribution in [2.24, 2.45) is 0 Å². The van der Waals surface area contributed by atoms with Crippen LogP contribution in [0.25, 0.3) is 11.1 Å². The lowest BCUT2D eigenvalue weighted by Crippen LogP contribution is -2.34. The smallest absolute Gasteiger partial charge is 0.257 e. The summed E-state index contributed by atoms with van der Waals surface area (Å²) in [4.78, 5) is 17.1. The second kappa shape index (κ2) is 9.55. The van der Waals surface area contributed by atoms with Gasteiger partial charge in [0.25, 0.3) is 5.91 Å². The quantitative estimate of drug-likeness (QED) is 0.345. The molecule has 3 aromatic carbocycles. The van der Waals surface area contributed by atoms with Gasteiger partial charge in [0, 0.05) is 17.7 Å². The van der Waals surface area contributed by atoms with E-state index in [2.05, 4.69) is 42.5 Å². The number of anilines is 1. The SMILES string of the molecule is Cc1cc(C)c2oc(Cc3ccc(NC(=S)NC(=O)c4ccc(C(C)C)cc4)cc3)nc2c1. The number of oxazole rings is 1. The third-order valence-corrected chi connectivity index (χ3v) is 5.70. The van der Waals surface area contributed by atoms with Crippen molar-refractivity contribution in [1.29, 1.82) is 0 Å². The molecule has 0 fully saturated rings. The number of aryl methyl sites for hydroxylation is 2. The standard InChI is InChI=1S/C27H27N3O2S/c1-16(2)20-7-9-21(10-8-20)26(31)30-27(33)28-22-11-5-19(6-12-22)15-24-29-23-14-17(3)13-18(4)25(23)32-24/h5-14,16H,15H2,1-4H3,(H2,28,30,31,33). The number of fused-ring (bicyclic) bond motifs is 1. The summed E-state index contributed by atoms with van der Waals surface area (Å²) in [7, 11) is 0. The fourth-order valence-corrected chi connectivity index (χ4v) is 3.95. The first-order valence-electron chi connectivity index (χ1n) is 11.0. The average molecular weight is 458 g/mol. The van der Waals surface area contributed by atoms with E-state index < -0.39 is 0 Å². The van der Waals surface area contributed by atoms with Gasteiger partial charge in [0.1, 0.15) is 5.52 Å². The molecular weight excluding hydrogens is 430 g/mol. The van der Waals surface area contributed by atoms with Crippen molar-refractivity contribution in [3.63, 3.8) is 0 Å². The van der Waals surface area contributed by atoms with E-state index in [1.165, 1.54) is 11.1 Å². The van der Waals surface area contributed by atoms with E-state index in [0.29, 0.717) is 23.8 Å². The average Bonchev–Trinajstić information content (AvgIpc) is 3.17. The van der Waals surface area contributed by atoms with Crippen LogP contribution in [0.4, 0.5) is 5.69 Å². The molecule has 33 heavy (non-hydrogen) atoms. The van der Waals surface area contributed by atoms with E-state index >= 15 is 0 Å². The summed E-state index contributed by atoms with van der Waals surface area (Å²) < 4.78 is 5.96. The summed E-state index contributed by atoms with van der Waals surface area (Å²) in [6.07, 6.45) is 0.598. The second-order valence-corrected chi connectivity index (χ2v) is 9.00. The predicted molar refractivity (Wildman–Crippen MR) is 137 cm³/mol. The van der Waals surface area contributed by atoms with E-state index in [9.17, 15) is 4.79 Å². The number of nitrogens with one attached hydrogen (secondary N) is 2. The molecule has 0 atom stereocenters. The van der Waals surface area contributed by atoms with E-state index in [1.54, 1.807) is 0 Å².